The number of hydrogen-bond donors (Lipinski definition) is 0. The van der Waals surface area contributed by atoms with Gasteiger partial charge in [-0.3, -0.25) is 10.1 Å². The third-order valence-corrected chi connectivity index (χ3v) is 5.84. The Kier molecular flexibility index (Phi) is 6.45. The Morgan fingerprint density at radius 2 is 1.56 bits per heavy atom. The first-order chi connectivity index (χ1) is 12.7. The molecule has 0 N–H and O–H groups in total. The Morgan fingerprint density at radius 3 is 1.96 bits per heavy atom. The van der Waals surface area contributed by atoms with E-state index in [1.54, 1.807) is 0 Å². The molecule has 10 heteroatoms. The number of nitrogens with zero attached hydrogens (tertiary/aromatic N) is 1. The number of hydrogen-bond acceptors (Lipinski definition) is 7. The molecule has 0 saturated heterocycles. The van der Waals surface area contributed by atoms with Gasteiger partial charge in [-0.1, -0.05) is 15.9 Å². The van der Waals surface area contributed by atoms with E-state index in [4.69, 9.17) is 14.2 Å². The van der Waals surface area contributed by atoms with Crippen LogP contribution in [0.15, 0.2) is 50.8 Å². The monoisotopic (exact) mass is 457 g/mol. The van der Waals surface area contributed by atoms with Crippen molar-refractivity contribution in [2.75, 3.05) is 21.3 Å². The molecule has 0 unspecified atom stereocenters. The van der Waals surface area contributed by atoms with Gasteiger partial charge >= 0.3 is 5.03 Å². The van der Waals surface area contributed by atoms with Gasteiger partial charge in [0.1, 0.15) is 17.2 Å². The first kappa shape index (κ1) is 20.7. The summed E-state index contributed by atoms with van der Waals surface area (Å²) >= 11 is 3.20. The first-order valence-electron chi connectivity index (χ1n) is 7.41. The zero-order chi connectivity index (χ0) is 20.2. The lowest BCUT2D eigenvalue weighted by molar-refractivity contribution is -0.410. The SMILES string of the molecule is COc1cc(OC)c(/C=C(\[N+](=O)[O-])S(=O)(=O)c2ccc(Br)cc2)c(OC)c1. The number of halogens is 1. The van der Waals surface area contributed by atoms with Crippen LogP contribution in [0.3, 0.4) is 0 Å². The summed E-state index contributed by atoms with van der Waals surface area (Å²) < 4.78 is 41.8. The minimum atomic E-state index is -4.38. The van der Waals surface area contributed by atoms with E-state index in [0.717, 1.165) is 6.08 Å². The molecule has 27 heavy (non-hydrogen) atoms. The molecule has 0 aliphatic carbocycles. The number of rotatable bonds is 7. The quantitative estimate of drug-likeness (QED) is 0.462. The van der Waals surface area contributed by atoms with Gasteiger partial charge in [-0.15, -0.1) is 0 Å². The second-order valence-electron chi connectivity index (χ2n) is 5.14. The molecule has 0 bridgehead atoms. The van der Waals surface area contributed by atoms with Crippen LogP contribution in [0.2, 0.25) is 0 Å². The van der Waals surface area contributed by atoms with E-state index in [-0.39, 0.29) is 22.0 Å². The van der Waals surface area contributed by atoms with Crippen molar-refractivity contribution in [2.24, 2.45) is 0 Å². The summed E-state index contributed by atoms with van der Waals surface area (Å²) in [7, 11) is -0.252. The molecule has 0 heterocycles. The van der Waals surface area contributed by atoms with Crippen molar-refractivity contribution in [2.45, 2.75) is 4.90 Å². The maximum atomic E-state index is 12.8. The van der Waals surface area contributed by atoms with E-state index in [2.05, 4.69) is 15.9 Å². The Balaban J connectivity index is 2.72. The molecule has 2 rings (SSSR count). The van der Waals surface area contributed by atoms with Gasteiger partial charge in [0.25, 0.3) is 9.84 Å². The van der Waals surface area contributed by atoms with Crippen LogP contribution in [0.1, 0.15) is 5.56 Å². The molecule has 2 aromatic carbocycles. The average Bonchev–Trinajstić information content (AvgIpc) is 2.65. The smallest absolute Gasteiger partial charge is 0.364 e. The van der Waals surface area contributed by atoms with E-state index in [1.165, 1.54) is 57.7 Å². The highest BCUT2D eigenvalue weighted by atomic mass is 79.9. The summed E-state index contributed by atoms with van der Waals surface area (Å²) in [6.07, 6.45) is 0.911. The zero-order valence-corrected chi connectivity index (χ0v) is 17.0. The minimum absolute atomic E-state index is 0.105. The van der Waals surface area contributed by atoms with Gasteiger partial charge in [-0.25, -0.2) is 8.42 Å². The lowest BCUT2D eigenvalue weighted by Crippen LogP contribution is -2.13. The highest BCUT2D eigenvalue weighted by molar-refractivity contribution is 9.10. The molecule has 144 valence electrons. The van der Waals surface area contributed by atoms with E-state index in [1.807, 2.05) is 0 Å². The van der Waals surface area contributed by atoms with Crippen LogP contribution in [0.25, 0.3) is 6.08 Å². The third-order valence-electron chi connectivity index (χ3n) is 3.60. The van der Waals surface area contributed by atoms with Crippen molar-refractivity contribution < 1.29 is 27.6 Å². The number of ether oxygens (including phenoxy) is 3. The van der Waals surface area contributed by atoms with Gasteiger partial charge in [-0.05, 0) is 24.3 Å². The Hall–Kier alpha value is -2.59. The van der Waals surface area contributed by atoms with Crippen LogP contribution in [0, 0.1) is 10.1 Å². The second-order valence-corrected chi connectivity index (χ2v) is 7.95. The standard InChI is InChI=1S/C17H16BrNO7S/c1-24-12-8-15(25-2)14(16(9-12)26-3)10-17(19(20)21)27(22,23)13-6-4-11(18)5-7-13/h4-10H,1-3H3/b17-10+. The predicted octanol–water partition coefficient (Wildman–Crippen LogP) is 3.52. The zero-order valence-electron chi connectivity index (χ0n) is 14.6. The molecule has 0 fully saturated rings. The molecule has 0 aromatic heterocycles. The first-order valence-corrected chi connectivity index (χ1v) is 9.69. The molecule has 8 nitrogen and oxygen atoms in total. The number of nitro groups is 1. The summed E-state index contributed by atoms with van der Waals surface area (Å²) in [5, 5.41) is 10.5. The van der Waals surface area contributed by atoms with Crippen LogP contribution >= 0.6 is 15.9 Å². The molecular weight excluding hydrogens is 442 g/mol. The van der Waals surface area contributed by atoms with Crippen LogP contribution < -0.4 is 14.2 Å². The van der Waals surface area contributed by atoms with E-state index >= 15 is 0 Å². The largest absolute Gasteiger partial charge is 0.496 e. The van der Waals surface area contributed by atoms with Crippen molar-refractivity contribution >= 4 is 31.8 Å². The lowest BCUT2D eigenvalue weighted by atomic mass is 10.1. The van der Waals surface area contributed by atoms with Crippen LogP contribution in [-0.4, -0.2) is 34.7 Å². The van der Waals surface area contributed by atoms with E-state index in [0.29, 0.717) is 10.2 Å². The third kappa shape index (κ3) is 4.40. The average molecular weight is 458 g/mol. The molecule has 0 saturated carbocycles. The Morgan fingerprint density at radius 1 is 1.04 bits per heavy atom. The number of sulfone groups is 1. The number of methoxy groups -OCH3 is 3. The summed E-state index contributed by atoms with van der Waals surface area (Å²) in [5.74, 6) is 0.715. The summed E-state index contributed by atoms with van der Waals surface area (Å²) in [4.78, 5) is 10.4. The van der Waals surface area contributed by atoms with E-state index in [9.17, 15) is 18.5 Å². The predicted molar refractivity (Wildman–Crippen MR) is 102 cm³/mol. The van der Waals surface area contributed by atoms with Crippen molar-refractivity contribution in [3.63, 3.8) is 0 Å². The summed E-state index contributed by atoms with van der Waals surface area (Å²) in [5.41, 5.74) is 0.105. The van der Waals surface area contributed by atoms with Crippen molar-refractivity contribution in [1.82, 2.24) is 0 Å². The molecule has 2 aromatic rings. The van der Waals surface area contributed by atoms with Crippen molar-refractivity contribution in [3.8, 4) is 17.2 Å². The Labute approximate surface area is 164 Å². The maximum absolute atomic E-state index is 12.8. The van der Waals surface area contributed by atoms with Gasteiger partial charge in [0.05, 0.1) is 36.7 Å². The topological polar surface area (TPSA) is 105 Å². The van der Waals surface area contributed by atoms with Crippen molar-refractivity contribution in [3.05, 3.63) is 61.6 Å². The fourth-order valence-corrected chi connectivity index (χ4v) is 3.73. The highest BCUT2D eigenvalue weighted by Crippen LogP contribution is 2.37. The normalized spacial score (nSPS) is 11.8. The molecule has 0 amide bonds. The maximum Gasteiger partial charge on any atom is 0.364 e. The highest BCUT2D eigenvalue weighted by Gasteiger charge is 2.32. The van der Waals surface area contributed by atoms with Crippen molar-refractivity contribution in [1.29, 1.82) is 0 Å². The van der Waals surface area contributed by atoms with Crippen LogP contribution in [0.4, 0.5) is 0 Å². The molecular formula is C17H16BrNO7S. The van der Waals surface area contributed by atoms with Crippen LogP contribution in [0.5, 0.6) is 17.2 Å². The lowest BCUT2D eigenvalue weighted by Gasteiger charge is -2.12. The fraction of sp³-hybridized carbons (Fsp3) is 0.176. The van der Waals surface area contributed by atoms with Gasteiger partial charge < -0.3 is 14.2 Å². The number of benzene rings is 2. The molecule has 0 aliphatic rings. The van der Waals surface area contributed by atoms with E-state index < -0.39 is 19.8 Å². The summed E-state index contributed by atoms with van der Waals surface area (Å²) in [6, 6.07) is 8.47. The van der Waals surface area contributed by atoms with Crippen LogP contribution in [-0.2, 0) is 9.84 Å². The van der Waals surface area contributed by atoms with Gasteiger partial charge in [0.2, 0.25) is 0 Å². The molecule has 0 spiro atoms. The molecule has 0 aliphatic heterocycles. The summed E-state index contributed by atoms with van der Waals surface area (Å²) in [6.45, 7) is 0. The molecule has 0 radical (unpaired) electrons. The molecule has 0 atom stereocenters. The van der Waals surface area contributed by atoms with Gasteiger partial charge in [0, 0.05) is 22.7 Å². The second kappa shape index (κ2) is 8.40. The fourth-order valence-electron chi connectivity index (χ4n) is 2.26. The van der Waals surface area contributed by atoms with Gasteiger partial charge in [-0.2, -0.15) is 0 Å². The Bertz CT molecular complexity index is 960. The minimum Gasteiger partial charge on any atom is -0.496 e. The van der Waals surface area contributed by atoms with Gasteiger partial charge in [0.15, 0.2) is 0 Å².